The summed E-state index contributed by atoms with van der Waals surface area (Å²) in [6, 6.07) is 1.83. The highest BCUT2D eigenvalue weighted by Gasteiger charge is 2.20. The van der Waals surface area contributed by atoms with Gasteiger partial charge in [-0.2, -0.15) is 0 Å². The normalized spacial score (nSPS) is 19.2. The Morgan fingerprint density at radius 2 is 2.05 bits per heavy atom. The Bertz CT molecular complexity index is 473. The summed E-state index contributed by atoms with van der Waals surface area (Å²) in [6.45, 7) is 1.23. The lowest BCUT2D eigenvalue weighted by Crippen LogP contribution is -2.43. The number of hydrogen-bond donors (Lipinski definition) is 2. The molecule has 1 atom stereocenters. The second kappa shape index (κ2) is 6.06. The summed E-state index contributed by atoms with van der Waals surface area (Å²) >= 11 is 0. The molecule has 6 heteroatoms. The number of carbonyl (C=O) groups excluding carboxylic acids is 1. The molecule has 0 spiro atoms. The van der Waals surface area contributed by atoms with Crippen LogP contribution in [0.1, 0.15) is 29.6 Å². The second-order valence-corrected chi connectivity index (χ2v) is 4.58. The molecular weight excluding hydrogens is 257 g/mol. The summed E-state index contributed by atoms with van der Waals surface area (Å²) in [5, 5.41) is 5.74. The van der Waals surface area contributed by atoms with Gasteiger partial charge in [0.05, 0.1) is 5.56 Å². The van der Waals surface area contributed by atoms with Crippen LogP contribution in [-0.2, 0) is 0 Å². The zero-order chi connectivity index (χ0) is 13.8. The molecule has 1 amide bonds. The summed E-state index contributed by atoms with van der Waals surface area (Å²) in [4.78, 5) is 11.7. The first-order valence-corrected chi connectivity index (χ1v) is 6.24. The van der Waals surface area contributed by atoms with Gasteiger partial charge in [-0.25, -0.2) is 13.2 Å². The Labute approximate surface area is 109 Å². The molecular formula is C13H15F3N2O. The predicted molar refractivity (Wildman–Crippen MR) is 64.3 cm³/mol. The van der Waals surface area contributed by atoms with E-state index in [-0.39, 0.29) is 6.04 Å². The van der Waals surface area contributed by atoms with Crippen LogP contribution in [0.3, 0.4) is 0 Å². The molecule has 3 nitrogen and oxygen atoms in total. The number of benzene rings is 1. The highest BCUT2D eigenvalue weighted by molar-refractivity contribution is 5.94. The summed E-state index contributed by atoms with van der Waals surface area (Å²) in [5.74, 6) is -5.11. The first-order valence-electron chi connectivity index (χ1n) is 6.24. The SMILES string of the molecule is O=C(NCC1CCCCN1)c1ccc(F)c(F)c1F. The van der Waals surface area contributed by atoms with E-state index in [2.05, 4.69) is 10.6 Å². The molecule has 1 heterocycles. The number of halogens is 3. The van der Waals surface area contributed by atoms with Crippen LogP contribution >= 0.6 is 0 Å². The average molecular weight is 272 g/mol. The molecule has 19 heavy (non-hydrogen) atoms. The van der Waals surface area contributed by atoms with Gasteiger partial charge in [0.1, 0.15) is 0 Å². The molecule has 1 unspecified atom stereocenters. The van der Waals surface area contributed by atoms with Crippen molar-refractivity contribution in [3.8, 4) is 0 Å². The quantitative estimate of drug-likeness (QED) is 0.826. The van der Waals surface area contributed by atoms with Gasteiger partial charge in [0.2, 0.25) is 0 Å². The molecule has 2 rings (SSSR count). The van der Waals surface area contributed by atoms with E-state index in [0.717, 1.165) is 37.9 Å². The third-order valence-corrected chi connectivity index (χ3v) is 3.20. The summed E-state index contributed by atoms with van der Waals surface area (Å²) in [5.41, 5.74) is -0.477. The number of rotatable bonds is 3. The Kier molecular flexibility index (Phi) is 4.42. The fourth-order valence-corrected chi connectivity index (χ4v) is 2.11. The van der Waals surface area contributed by atoms with Crippen molar-refractivity contribution in [3.05, 3.63) is 35.1 Å². The summed E-state index contributed by atoms with van der Waals surface area (Å²) in [6.07, 6.45) is 3.11. The van der Waals surface area contributed by atoms with E-state index in [0.29, 0.717) is 6.54 Å². The maximum atomic E-state index is 13.4. The van der Waals surface area contributed by atoms with Gasteiger partial charge in [0.15, 0.2) is 17.5 Å². The Morgan fingerprint density at radius 3 is 2.74 bits per heavy atom. The van der Waals surface area contributed by atoms with E-state index in [9.17, 15) is 18.0 Å². The van der Waals surface area contributed by atoms with Gasteiger partial charge in [0.25, 0.3) is 5.91 Å². The van der Waals surface area contributed by atoms with Crippen molar-refractivity contribution in [2.45, 2.75) is 25.3 Å². The van der Waals surface area contributed by atoms with Gasteiger partial charge in [-0.05, 0) is 31.5 Å². The smallest absolute Gasteiger partial charge is 0.254 e. The molecule has 1 saturated heterocycles. The van der Waals surface area contributed by atoms with Crippen LogP contribution in [0.25, 0.3) is 0 Å². The Hall–Kier alpha value is -1.56. The standard InChI is InChI=1S/C13H15F3N2O/c14-10-5-4-9(11(15)12(10)16)13(19)18-7-8-3-1-2-6-17-8/h4-5,8,17H,1-3,6-7H2,(H,18,19). The maximum Gasteiger partial charge on any atom is 0.254 e. The van der Waals surface area contributed by atoms with Crippen LogP contribution < -0.4 is 10.6 Å². The maximum absolute atomic E-state index is 13.4. The lowest BCUT2D eigenvalue weighted by Gasteiger charge is -2.23. The minimum atomic E-state index is -1.62. The third-order valence-electron chi connectivity index (χ3n) is 3.20. The number of amides is 1. The van der Waals surface area contributed by atoms with Crippen molar-refractivity contribution < 1.29 is 18.0 Å². The molecule has 0 radical (unpaired) electrons. The lowest BCUT2D eigenvalue weighted by molar-refractivity contribution is 0.0942. The van der Waals surface area contributed by atoms with Crippen LogP contribution in [0.5, 0.6) is 0 Å². The van der Waals surface area contributed by atoms with Crippen LogP contribution in [0.15, 0.2) is 12.1 Å². The minimum Gasteiger partial charge on any atom is -0.350 e. The van der Waals surface area contributed by atoms with E-state index in [4.69, 9.17) is 0 Å². The average Bonchev–Trinajstić information content (AvgIpc) is 2.43. The predicted octanol–water partition coefficient (Wildman–Crippen LogP) is 1.98. The molecule has 1 aliphatic rings. The zero-order valence-electron chi connectivity index (χ0n) is 10.3. The fraction of sp³-hybridized carbons (Fsp3) is 0.462. The molecule has 1 fully saturated rings. The summed E-state index contributed by atoms with van der Waals surface area (Å²) < 4.78 is 39.1. The zero-order valence-corrected chi connectivity index (χ0v) is 10.3. The monoisotopic (exact) mass is 272 g/mol. The van der Waals surface area contributed by atoms with E-state index < -0.39 is 28.9 Å². The van der Waals surface area contributed by atoms with Crippen molar-refractivity contribution >= 4 is 5.91 Å². The second-order valence-electron chi connectivity index (χ2n) is 4.58. The van der Waals surface area contributed by atoms with Gasteiger partial charge in [-0.15, -0.1) is 0 Å². The van der Waals surface area contributed by atoms with Crippen molar-refractivity contribution in [3.63, 3.8) is 0 Å². The Morgan fingerprint density at radius 1 is 1.26 bits per heavy atom. The van der Waals surface area contributed by atoms with Crippen molar-refractivity contribution in [1.82, 2.24) is 10.6 Å². The first-order chi connectivity index (χ1) is 9.09. The van der Waals surface area contributed by atoms with Gasteiger partial charge in [-0.1, -0.05) is 6.42 Å². The van der Waals surface area contributed by atoms with Gasteiger partial charge >= 0.3 is 0 Å². The van der Waals surface area contributed by atoms with E-state index in [1.807, 2.05) is 0 Å². The Balaban J connectivity index is 1.98. The van der Waals surface area contributed by atoms with Gasteiger partial charge in [0, 0.05) is 12.6 Å². The van der Waals surface area contributed by atoms with Crippen LogP contribution in [0.2, 0.25) is 0 Å². The number of hydrogen-bond acceptors (Lipinski definition) is 2. The molecule has 104 valence electrons. The first kappa shape index (κ1) is 13.9. The summed E-state index contributed by atoms with van der Waals surface area (Å²) in [7, 11) is 0. The van der Waals surface area contributed by atoms with Crippen molar-refractivity contribution in [2.24, 2.45) is 0 Å². The fourth-order valence-electron chi connectivity index (χ4n) is 2.11. The number of nitrogens with one attached hydrogen (secondary N) is 2. The van der Waals surface area contributed by atoms with E-state index >= 15 is 0 Å². The number of carbonyl (C=O) groups is 1. The topological polar surface area (TPSA) is 41.1 Å². The van der Waals surface area contributed by atoms with Crippen LogP contribution in [-0.4, -0.2) is 25.0 Å². The van der Waals surface area contributed by atoms with Crippen LogP contribution in [0.4, 0.5) is 13.2 Å². The molecule has 2 N–H and O–H groups in total. The molecule has 0 bridgehead atoms. The van der Waals surface area contributed by atoms with E-state index in [1.165, 1.54) is 0 Å². The lowest BCUT2D eigenvalue weighted by atomic mass is 10.0. The van der Waals surface area contributed by atoms with Crippen LogP contribution in [0, 0.1) is 17.5 Å². The molecule has 1 aliphatic heterocycles. The molecule has 0 aromatic heterocycles. The van der Waals surface area contributed by atoms with E-state index in [1.54, 1.807) is 0 Å². The highest BCUT2D eigenvalue weighted by Crippen LogP contribution is 2.15. The van der Waals surface area contributed by atoms with Crippen molar-refractivity contribution in [2.75, 3.05) is 13.1 Å². The highest BCUT2D eigenvalue weighted by atomic mass is 19.2. The molecule has 0 aliphatic carbocycles. The van der Waals surface area contributed by atoms with Gasteiger partial charge in [-0.3, -0.25) is 4.79 Å². The molecule has 1 aromatic rings. The molecule has 1 aromatic carbocycles. The minimum absolute atomic E-state index is 0.144. The third kappa shape index (κ3) is 3.26. The number of piperidine rings is 1. The van der Waals surface area contributed by atoms with Crippen molar-refractivity contribution in [1.29, 1.82) is 0 Å². The molecule has 0 saturated carbocycles. The van der Waals surface area contributed by atoms with Gasteiger partial charge < -0.3 is 10.6 Å². The largest absolute Gasteiger partial charge is 0.350 e.